The highest BCUT2D eigenvalue weighted by molar-refractivity contribution is 7.99. The Morgan fingerprint density at radius 1 is 1.19 bits per heavy atom. The lowest BCUT2D eigenvalue weighted by Gasteiger charge is -2.43. The lowest BCUT2D eigenvalue weighted by molar-refractivity contribution is -0.117. The van der Waals surface area contributed by atoms with Crippen LogP contribution in [0.2, 0.25) is 0 Å². The number of nitrogens with zero attached hydrogens (tertiary/aromatic N) is 2. The highest BCUT2D eigenvalue weighted by Gasteiger charge is 2.43. The molecular weight excluding hydrogens is 465 g/mol. The fraction of sp³-hybridized carbons (Fsp3) is 0.261. The van der Waals surface area contributed by atoms with Crippen LogP contribution in [0, 0.1) is 17.7 Å². The summed E-state index contributed by atoms with van der Waals surface area (Å²) in [6.45, 7) is 8.38. The van der Waals surface area contributed by atoms with Gasteiger partial charge in [-0.25, -0.2) is 4.98 Å². The molecule has 0 saturated carbocycles. The van der Waals surface area contributed by atoms with Gasteiger partial charge in [0, 0.05) is 11.1 Å². The number of rotatable bonds is 3. The highest BCUT2D eigenvalue weighted by atomic mass is 32.9. The number of anilines is 1. The van der Waals surface area contributed by atoms with Crippen molar-refractivity contribution in [2.24, 2.45) is 0 Å². The third-order valence-electron chi connectivity index (χ3n) is 5.71. The van der Waals surface area contributed by atoms with Crippen molar-refractivity contribution < 1.29 is 9.21 Å². The predicted octanol–water partition coefficient (Wildman–Crippen LogP) is 7.34. The second-order valence-electron chi connectivity index (χ2n) is 8.14. The molecule has 31 heavy (non-hydrogen) atoms. The molecule has 0 fully saturated rings. The van der Waals surface area contributed by atoms with Crippen LogP contribution in [0.3, 0.4) is 0 Å². The van der Waals surface area contributed by atoms with Crippen LogP contribution in [-0.2, 0) is 10.3 Å². The Bertz CT molecular complexity index is 1360. The Labute approximate surface area is 197 Å². The van der Waals surface area contributed by atoms with Crippen LogP contribution in [0.1, 0.15) is 29.9 Å². The summed E-state index contributed by atoms with van der Waals surface area (Å²) in [5, 5.41) is 0.511. The molecule has 0 saturated heterocycles. The summed E-state index contributed by atoms with van der Waals surface area (Å²) in [5.41, 5.74) is 6.51. The monoisotopic (exact) mass is 484 g/mol. The average Bonchev–Trinajstić information content (AvgIpc) is 3.32. The molecule has 0 bridgehead atoms. The first-order valence-electron chi connectivity index (χ1n) is 9.84. The van der Waals surface area contributed by atoms with E-state index in [1.807, 2.05) is 29.2 Å². The molecule has 1 aliphatic rings. The van der Waals surface area contributed by atoms with Gasteiger partial charge in [-0.05, 0) is 63.1 Å². The topological polar surface area (TPSA) is 46.3 Å². The summed E-state index contributed by atoms with van der Waals surface area (Å²) < 4.78 is 6.69. The number of fused-ring (bicyclic) bond motifs is 4. The predicted molar refractivity (Wildman–Crippen MR) is 133 cm³/mol. The van der Waals surface area contributed by atoms with Gasteiger partial charge in [0.25, 0.3) is 5.22 Å². The number of aryl methyl sites for hydroxylation is 2. The number of carbonyl (C=O) groups is 1. The molecule has 4 nitrogen and oxygen atoms in total. The molecule has 0 atom stereocenters. The van der Waals surface area contributed by atoms with E-state index in [1.54, 1.807) is 20.7 Å². The highest BCUT2D eigenvalue weighted by Crippen LogP contribution is 2.52. The summed E-state index contributed by atoms with van der Waals surface area (Å²) in [7, 11) is 3.29. The van der Waals surface area contributed by atoms with Gasteiger partial charge in [0.15, 0.2) is 5.58 Å². The Kier molecular flexibility index (Phi) is 5.08. The van der Waals surface area contributed by atoms with E-state index in [0.29, 0.717) is 5.22 Å². The van der Waals surface area contributed by atoms with Crippen molar-refractivity contribution in [3.05, 3.63) is 56.2 Å². The van der Waals surface area contributed by atoms with E-state index >= 15 is 0 Å². The zero-order chi connectivity index (χ0) is 21.9. The fourth-order valence-electron chi connectivity index (χ4n) is 4.03. The van der Waals surface area contributed by atoms with Crippen LogP contribution >= 0.6 is 44.7 Å². The molecule has 0 spiro atoms. The third kappa shape index (κ3) is 3.36. The molecule has 8 heteroatoms. The lowest BCUT2D eigenvalue weighted by atomic mass is 9.86. The molecule has 158 valence electrons. The Morgan fingerprint density at radius 3 is 2.71 bits per heavy atom. The van der Waals surface area contributed by atoms with Crippen LogP contribution < -0.4 is 4.90 Å². The molecule has 0 aliphatic carbocycles. The molecule has 3 heterocycles. The van der Waals surface area contributed by atoms with Gasteiger partial charge in [-0.3, -0.25) is 4.79 Å². The van der Waals surface area contributed by atoms with Gasteiger partial charge in [-0.2, -0.15) is 0 Å². The van der Waals surface area contributed by atoms with E-state index in [0.717, 1.165) is 42.2 Å². The van der Waals surface area contributed by atoms with Crippen LogP contribution in [0.5, 0.6) is 0 Å². The number of hydrogen-bond donors (Lipinski definition) is 0. The van der Waals surface area contributed by atoms with Gasteiger partial charge in [0.05, 0.1) is 21.9 Å². The lowest BCUT2D eigenvalue weighted by Crippen LogP contribution is -2.48. The van der Waals surface area contributed by atoms with Gasteiger partial charge < -0.3 is 9.32 Å². The van der Waals surface area contributed by atoms with E-state index in [-0.39, 0.29) is 11.7 Å². The molecule has 2 aromatic heterocycles. The van der Waals surface area contributed by atoms with Crippen LogP contribution in [0.25, 0.3) is 22.2 Å². The Balaban J connectivity index is 1.54. The largest absolute Gasteiger partial charge is 0.431 e. The zero-order valence-corrected chi connectivity index (χ0v) is 20.8. The number of benzene rings is 2. The van der Waals surface area contributed by atoms with Crippen molar-refractivity contribution in [1.82, 2.24) is 4.98 Å². The van der Waals surface area contributed by atoms with Gasteiger partial charge in [0.1, 0.15) is 9.34 Å². The SMILES string of the molecule is Cc1cc2c(cc1C)N(C(=O)CSc1nc3ccccc3o1)C(C)(C)c1ssc(=S)c1-2. The number of carbonyl (C=O) groups excluding carboxylic acids is 1. The Morgan fingerprint density at radius 2 is 1.94 bits per heavy atom. The van der Waals surface area contributed by atoms with Crippen molar-refractivity contribution in [2.75, 3.05) is 10.7 Å². The third-order valence-corrected chi connectivity index (χ3v) is 9.85. The summed E-state index contributed by atoms with van der Waals surface area (Å²) >= 11 is 7.01. The maximum Gasteiger partial charge on any atom is 0.257 e. The number of hydrogen-bond acceptors (Lipinski definition) is 7. The second kappa shape index (κ2) is 7.55. The summed E-state index contributed by atoms with van der Waals surface area (Å²) in [6.07, 6.45) is 0. The minimum atomic E-state index is -0.485. The van der Waals surface area contributed by atoms with Crippen molar-refractivity contribution in [3.8, 4) is 11.1 Å². The standard InChI is InChI=1S/C23H20N2O2S4/c1-12-9-14-16(10-13(12)2)25(23(3,4)20-19(14)21(28)31-30-20)18(26)11-29-22-24-15-7-5-6-8-17(15)27-22/h5-10H,11H2,1-4H3. The van der Waals surface area contributed by atoms with Gasteiger partial charge in [-0.1, -0.05) is 56.8 Å². The molecule has 0 N–H and O–H groups in total. The first-order valence-corrected chi connectivity index (χ1v) is 13.4. The Hall–Kier alpha value is -2.00. The maximum atomic E-state index is 13.6. The number of thioether (sulfide) groups is 1. The first kappa shape index (κ1) is 20.9. The molecule has 4 aromatic rings. The van der Waals surface area contributed by atoms with Crippen LogP contribution in [0.4, 0.5) is 5.69 Å². The van der Waals surface area contributed by atoms with Crippen molar-refractivity contribution in [1.29, 1.82) is 0 Å². The quantitative estimate of drug-likeness (QED) is 0.173. The number of oxazole rings is 1. The van der Waals surface area contributed by atoms with Crippen molar-refractivity contribution in [3.63, 3.8) is 0 Å². The smallest absolute Gasteiger partial charge is 0.257 e. The first-order chi connectivity index (χ1) is 14.8. The molecular formula is C23H20N2O2S4. The molecule has 0 unspecified atom stereocenters. The van der Waals surface area contributed by atoms with E-state index in [1.165, 1.54) is 17.3 Å². The molecule has 1 amide bonds. The minimum absolute atomic E-state index is 0.0247. The summed E-state index contributed by atoms with van der Waals surface area (Å²) in [4.78, 5) is 21.2. The van der Waals surface area contributed by atoms with Crippen LogP contribution in [-0.4, -0.2) is 16.6 Å². The van der Waals surface area contributed by atoms with E-state index < -0.39 is 5.54 Å². The molecule has 1 aliphatic heterocycles. The number of para-hydroxylation sites is 2. The van der Waals surface area contributed by atoms with Gasteiger partial charge >= 0.3 is 0 Å². The second-order valence-corrected chi connectivity index (χ2v) is 11.9. The van der Waals surface area contributed by atoms with Crippen molar-refractivity contribution >= 4 is 67.4 Å². The van der Waals surface area contributed by atoms with Crippen LogP contribution in [0.15, 0.2) is 46.0 Å². The average molecular weight is 485 g/mol. The fourth-order valence-corrected chi connectivity index (χ4v) is 8.00. The maximum absolute atomic E-state index is 13.6. The molecule has 0 radical (unpaired) electrons. The summed E-state index contributed by atoms with van der Waals surface area (Å²) in [5.74, 6) is 0.268. The normalized spacial score (nSPS) is 14.5. The van der Waals surface area contributed by atoms with Crippen molar-refractivity contribution in [2.45, 2.75) is 38.5 Å². The molecule has 2 aromatic carbocycles. The zero-order valence-electron chi connectivity index (χ0n) is 17.5. The minimum Gasteiger partial charge on any atom is -0.431 e. The molecule has 5 rings (SSSR count). The number of amides is 1. The van der Waals surface area contributed by atoms with Gasteiger partial charge in [0.2, 0.25) is 5.91 Å². The van der Waals surface area contributed by atoms with E-state index in [2.05, 4.69) is 44.8 Å². The van der Waals surface area contributed by atoms with E-state index in [4.69, 9.17) is 16.6 Å². The summed E-state index contributed by atoms with van der Waals surface area (Å²) in [6, 6.07) is 11.9. The number of aromatic nitrogens is 1. The van der Waals surface area contributed by atoms with E-state index in [9.17, 15) is 4.79 Å². The van der Waals surface area contributed by atoms with Gasteiger partial charge in [-0.15, -0.1) is 0 Å².